The van der Waals surface area contributed by atoms with Crippen molar-refractivity contribution in [3.8, 4) is 0 Å². The van der Waals surface area contributed by atoms with Crippen molar-refractivity contribution in [3.63, 3.8) is 0 Å². The van der Waals surface area contributed by atoms with E-state index in [0.717, 1.165) is 28.5 Å². The highest BCUT2D eigenvalue weighted by molar-refractivity contribution is 7.16. The number of thiophene rings is 1. The standard InChI is InChI=1S/C24H22N4OS/c1-2-18-16-19(24(30-18)28-23(29)17-10-4-3-5-11-17)22(20-12-6-8-14-25-20)27-21-13-7-9-15-26-21/h3-16,22H,2H2,1H3,(H,26,27)(H,28,29). The molecule has 5 nitrogen and oxygen atoms in total. The highest BCUT2D eigenvalue weighted by Gasteiger charge is 2.23. The molecule has 150 valence electrons. The third kappa shape index (κ3) is 4.55. The molecule has 2 N–H and O–H groups in total. The molecule has 0 fully saturated rings. The van der Waals surface area contributed by atoms with Crippen LogP contribution in [0.5, 0.6) is 0 Å². The molecule has 1 amide bonds. The monoisotopic (exact) mass is 414 g/mol. The molecule has 6 heteroatoms. The maximum absolute atomic E-state index is 12.8. The third-order valence-corrected chi connectivity index (χ3v) is 5.89. The number of carbonyl (C=O) groups excluding carboxylic acids is 1. The minimum absolute atomic E-state index is 0.126. The summed E-state index contributed by atoms with van der Waals surface area (Å²) >= 11 is 1.60. The highest BCUT2D eigenvalue weighted by Crippen LogP contribution is 2.37. The van der Waals surface area contributed by atoms with Crippen molar-refractivity contribution in [3.05, 3.63) is 107 Å². The van der Waals surface area contributed by atoms with E-state index in [9.17, 15) is 4.79 Å². The van der Waals surface area contributed by atoms with Gasteiger partial charge in [0.05, 0.1) is 11.7 Å². The van der Waals surface area contributed by atoms with Gasteiger partial charge in [-0.2, -0.15) is 0 Å². The Bertz CT molecular complexity index is 1100. The van der Waals surface area contributed by atoms with E-state index in [2.05, 4.69) is 33.6 Å². The van der Waals surface area contributed by atoms with Gasteiger partial charge in [-0.15, -0.1) is 11.3 Å². The summed E-state index contributed by atoms with van der Waals surface area (Å²) in [6.45, 7) is 2.11. The minimum Gasteiger partial charge on any atom is -0.357 e. The fourth-order valence-corrected chi connectivity index (χ4v) is 4.19. The maximum Gasteiger partial charge on any atom is 0.256 e. The van der Waals surface area contributed by atoms with Gasteiger partial charge in [0.15, 0.2) is 0 Å². The summed E-state index contributed by atoms with van der Waals surface area (Å²) < 4.78 is 0. The van der Waals surface area contributed by atoms with Crippen LogP contribution < -0.4 is 10.6 Å². The quantitative estimate of drug-likeness (QED) is 0.416. The van der Waals surface area contributed by atoms with Gasteiger partial charge in [0.1, 0.15) is 10.8 Å². The lowest BCUT2D eigenvalue weighted by molar-refractivity contribution is 0.102. The van der Waals surface area contributed by atoms with E-state index in [4.69, 9.17) is 0 Å². The molecule has 3 aromatic heterocycles. The van der Waals surface area contributed by atoms with Gasteiger partial charge < -0.3 is 10.6 Å². The highest BCUT2D eigenvalue weighted by atomic mass is 32.1. The van der Waals surface area contributed by atoms with Gasteiger partial charge in [0.25, 0.3) is 5.91 Å². The first kappa shape index (κ1) is 19.8. The summed E-state index contributed by atoms with van der Waals surface area (Å²) in [5.74, 6) is 0.622. The second kappa shape index (κ2) is 9.33. The zero-order chi connectivity index (χ0) is 20.8. The van der Waals surface area contributed by atoms with Crippen molar-refractivity contribution >= 4 is 28.1 Å². The first-order valence-corrected chi connectivity index (χ1v) is 10.6. The summed E-state index contributed by atoms with van der Waals surface area (Å²) in [4.78, 5) is 23.0. The van der Waals surface area contributed by atoms with Crippen molar-refractivity contribution in [2.75, 3.05) is 10.6 Å². The van der Waals surface area contributed by atoms with E-state index in [-0.39, 0.29) is 11.9 Å². The number of hydrogen-bond acceptors (Lipinski definition) is 5. The second-order valence-corrected chi connectivity index (χ2v) is 7.85. The molecule has 4 aromatic rings. The van der Waals surface area contributed by atoms with Gasteiger partial charge in [0.2, 0.25) is 0 Å². The first-order chi connectivity index (χ1) is 14.7. The molecule has 0 bridgehead atoms. The maximum atomic E-state index is 12.8. The van der Waals surface area contributed by atoms with Crippen LogP contribution >= 0.6 is 11.3 Å². The van der Waals surface area contributed by atoms with E-state index < -0.39 is 0 Å². The molecule has 1 aromatic carbocycles. The zero-order valence-electron chi connectivity index (χ0n) is 16.6. The van der Waals surface area contributed by atoms with E-state index >= 15 is 0 Å². The van der Waals surface area contributed by atoms with Crippen molar-refractivity contribution in [2.24, 2.45) is 0 Å². The molecule has 1 unspecified atom stereocenters. The molecule has 0 saturated carbocycles. The Morgan fingerprint density at radius 1 is 0.967 bits per heavy atom. The fraction of sp³-hybridized carbons (Fsp3) is 0.125. The molecular weight excluding hydrogens is 392 g/mol. The van der Waals surface area contributed by atoms with Crippen molar-refractivity contribution in [1.29, 1.82) is 0 Å². The van der Waals surface area contributed by atoms with Gasteiger partial charge in [-0.3, -0.25) is 9.78 Å². The van der Waals surface area contributed by atoms with Gasteiger partial charge in [-0.25, -0.2) is 4.98 Å². The smallest absolute Gasteiger partial charge is 0.256 e. The van der Waals surface area contributed by atoms with Crippen LogP contribution in [0, 0.1) is 0 Å². The summed E-state index contributed by atoms with van der Waals surface area (Å²) in [7, 11) is 0. The number of rotatable bonds is 7. The van der Waals surface area contributed by atoms with Crippen molar-refractivity contribution in [1.82, 2.24) is 9.97 Å². The molecule has 1 atom stereocenters. The third-order valence-electron chi connectivity index (χ3n) is 4.67. The lowest BCUT2D eigenvalue weighted by atomic mass is 10.0. The van der Waals surface area contributed by atoms with Crippen molar-refractivity contribution in [2.45, 2.75) is 19.4 Å². The molecule has 3 heterocycles. The zero-order valence-corrected chi connectivity index (χ0v) is 17.4. The lowest BCUT2D eigenvalue weighted by Crippen LogP contribution is -2.17. The van der Waals surface area contributed by atoms with Gasteiger partial charge in [-0.1, -0.05) is 37.3 Å². The van der Waals surface area contributed by atoms with E-state index in [1.54, 1.807) is 23.7 Å². The lowest BCUT2D eigenvalue weighted by Gasteiger charge is -2.20. The van der Waals surface area contributed by atoms with E-state index in [1.165, 1.54) is 4.88 Å². The van der Waals surface area contributed by atoms with Gasteiger partial charge in [0, 0.05) is 28.4 Å². The molecule has 30 heavy (non-hydrogen) atoms. The molecule has 0 aliphatic heterocycles. The summed E-state index contributed by atoms with van der Waals surface area (Å²) in [5.41, 5.74) is 2.46. The Morgan fingerprint density at radius 3 is 2.37 bits per heavy atom. The first-order valence-electron chi connectivity index (χ1n) is 9.82. The van der Waals surface area contributed by atoms with Crippen LogP contribution in [0.3, 0.4) is 0 Å². The molecule has 0 saturated heterocycles. The minimum atomic E-state index is -0.247. The van der Waals surface area contributed by atoms with Crippen LogP contribution in [0.2, 0.25) is 0 Å². The predicted octanol–water partition coefficient (Wildman–Crippen LogP) is 5.55. The summed E-state index contributed by atoms with van der Waals surface area (Å²) in [5, 5.41) is 7.41. The molecule has 0 aliphatic carbocycles. The summed E-state index contributed by atoms with van der Waals surface area (Å²) in [6.07, 6.45) is 4.41. The predicted molar refractivity (Wildman–Crippen MR) is 122 cm³/mol. The van der Waals surface area contributed by atoms with E-state index in [1.807, 2.05) is 66.7 Å². The topological polar surface area (TPSA) is 66.9 Å². The second-order valence-electron chi connectivity index (χ2n) is 6.72. The Kier molecular flexibility index (Phi) is 6.15. The van der Waals surface area contributed by atoms with E-state index in [0.29, 0.717) is 5.56 Å². The number of nitrogens with one attached hydrogen (secondary N) is 2. The fourth-order valence-electron chi connectivity index (χ4n) is 3.16. The van der Waals surface area contributed by atoms with Crippen LogP contribution in [-0.2, 0) is 6.42 Å². The number of carbonyl (C=O) groups is 1. The van der Waals surface area contributed by atoms with Crippen LogP contribution in [0.15, 0.2) is 85.2 Å². The number of amides is 1. The van der Waals surface area contributed by atoms with Crippen LogP contribution in [-0.4, -0.2) is 15.9 Å². The largest absolute Gasteiger partial charge is 0.357 e. The molecule has 0 aliphatic rings. The van der Waals surface area contributed by atoms with Gasteiger partial charge >= 0.3 is 0 Å². The van der Waals surface area contributed by atoms with Crippen molar-refractivity contribution < 1.29 is 4.79 Å². The Morgan fingerprint density at radius 2 is 1.70 bits per heavy atom. The number of anilines is 2. The van der Waals surface area contributed by atoms with Crippen LogP contribution in [0.1, 0.15) is 39.5 Å². The van der Waals surface area contributed by atoms with Gasteiger partial charge in [-0.05, 0) is 48.9 Å². The average molecular weight is 415 g/mol. The van der Waals surface area contributed by atoms with Crippen LogP contribution in [0.4, 0.5) is 10.8 Å². The Balaban J connectivity index is 1.72. The number of aromatic nitrogens is 2. The molecular formula is C24H22N4OS. The molecule has 0 radical (unpaired) electrons. The normalized spacial score (nSPS) is 11.6. The number of aryl methyl sites for hydroxylation is 1. The number of benzene rings is 1. The van der Waals surface area contributed by atoms with Crippen LogP contribution in [0.25, 0.3) is 0 Å². The molecule has 0 spiro atoms. The Hall–Kier alpha value is -3.51. The average Bonchev–Trinajstić information content (AvgIpc) is 3.22. The summed E-state index contributed by atoms with van der Waals surface area (Å²) in [6, 6.07) is 22.7. The molecule has 4 rings (SSSR count). The number of nitrogens with zero attached hydrogens (tertiary/aromatic N) is 2. The Labute approximate surface area is 179 Å². The number of pyridine rings is 2. The number of hydrogen-bond donors (Lipinski definition) is 2. The SMILES string of the molecule is CCc1cc(C(Nc2ccccn2)c2ccccn2)c(NC(=O)c2ccccc2)s1.